The maximum atomic E-state index is 12.4. The van der Waals surface area contributed by atoms with Gasteiger partial charge in [0.25, 0.3) is 0 Å². The van der Waals surface area contributed by atoms with E-state index in [1.165, 1.54) is 0 Å². The first-order chi connectivity index (χ1) is 9.51. The van der Waals surface area contributed by atoms with Gasteiger partial charge in [-0.1, -0.05) is 11.6 Å². The molecule has 2 aromatic rings. The molecule has 5 heteroatoms. The first-order valence-corrected chi connectivity index (χ1v) is 7.78. The number of rotatable bonds is 4. The SMILES string of the molecule is COc1ccc(Cl)cc1CS(=O)c1ccc(N)c(C)c1. The molecule has 2 N–H and O–H groups in total. The Morgan fingerprint density at radius 1 is 1.25 bits per heavy atom. The molecule has 0 amide bonds. The number of anilines is 1. The molecule has 0 fully saturated rings. The number of hydrogen-bond donors (Lipinski definition) is 1. The van der Waals surface area contributed by atoms with E-state index in [1.807, 2.05) is 13.0 Å². The van der Waals surface area contributed by atoms with E-state index in [-0.39, 0.29) is 0 Å². The Hall–Kier alpha value is -1.52. The Balaban J connectivity index is 2.27. The number of nitrogen functional groups attached to an aromatic ring is 1. The molecule has 3 nitrogen and oxygen atoms in total. The fraction of sp³-hybridized carbons (Fsp3) is 0.200. The average Bonchev–Trinajstić information content (AvgIpc) is 2.42. The Bertz CT molecular complexity index is 658. The van der Waals surface area contributed by atoms with Crippen molar-refractivity contribution in [3.63, 3.8) is 0 Å². The van der Waals surface area contributed by atoms with Crippen molar-refractivity contribution in [3.05, 3.63) is 52.5 Å². The van der Waals surface area contributed by atoms with Gasteiger partial charge >= 0.3 is 0 Å². The van der Waals surface area contributed by atoms with Crippen molar-refractivity contribution >= 4 is 28.1 Å². The topological polar surface area (TPSA) is 52.3 Å². The minimum Gasteiger partial charge on any atom is -0.496 e. The second-order valence-electron chi connectivity index (χ2n) is 4.46. The van der Waals surface area contributed by atoms with E-state index >= 15 is 0 Å². The highest BCUT2D eigenvalue weighted by atomic mass is 35.5. The maximum absolute atomic E-state index is 12.4. The van der Waals surface area contributed by atoms with Crippen LogP contribution in [0.5, 0.6) is 5.75 Å². The van der Waals surface area contributed by atoms with Gasteiger partial charge < -0.3 is 10.5 Å². The molecule has 2 rings (SSSR count). The Kier molecular flexibility index (Phi) is 4.68. The molecular weight excluding hydrogens is 294 g/mol. The molecule has 0 bridgehead atoms. The van der Waals surface area contributed by atoms with Crippen LogP contribution in [0.15, 0.2) is 41.3 Å². The third-order valence-electron chi connectivity index (χ3n) is 3.03. The fourth-order valence-electron chi connectivity index (χ4n) is 1.87. The summed E-state index contributed by atoms with van der Waals surface area (Å²) in [6.45, 7) is 1.90. The summed E-state index contributed by atoms with van der Waals surface area (Å²) in [5, 5.41) is 0.603. The molecule has 2 aromatic carbocycles. The summed E-state index contributed by atoms with van der Waals surface area (Å²) in [7, 11) is 0.419. The molecule has 1 atom stereocenters. The van der Waals surface area contributed by atoms with Crippen molar-refractivity contribution in [2.75, 3.05) is 12.8 Å². The van der Waals surface area contributed by atoms with Crippen LogP contribution in [-0.4, -0.2) is 11.3 Å². The summed E-state index contributed by atoms with van der Waals surface area (Å²) >= 11 is 5.98. The first-order valence-electron chi connectivity index (χ1n) is 6.08. The summed E-state index contributed by atoms with van der Waals surface area (Å²) in [6.07, 6.45) is 0. The van der Waals surface area contributed by atoms with Crippen molar-refractivity contribution in [2.24, 2.45) is 0 Å². The first kappa shape index (κ1) is 14.9. The number of aryl methyl sites for hydroxylation is 1. The molecule has 1 unspecified atom stereocenters. The lowest BCUT2D eigenvalue weighted by Crippen LogP contribution is -2.00. The zero-order valence-electron chi connectivity index (χ0n) is 11.4. The molecule has 0 aliphatic rings. The van der Waals surface area contributed by atoms with E-state index in [1.54, 1.807) is 37.4 Å². The predicted molar refractivity (Wildman–Crippen MR) is 83.7 cm³/mol. The quantitative estimate of drug-likeness (QED) is 0.879. The molecule has 106 valence electrons. The van der Waals surface area contributed by atoms with Crippen molar-refractivity contribution in [1.29, 1.82) is 0 Å². The molecule has 0 aliphatic heterocycles. The van der Waals surface area contributed by atoms with Gasteiger partial charge in [0.2, 0.25) is 0 Å². The van der Waals surface area contributed by atoms with E-state index in [0.29, 0.717) is 22.2 Å². The van der Waals surface area contributed by atoms with Crippen molar-refractivity contribution < 1.29 is 8.95 Å². The molecule has 0 heterocycles. The lowest BCUT2D eigenvalue weighted by Gasteiger charge is -2.10. The van der Waals surface area contributed by atoms with Crippen LogP contribution in [0.3, 0.4) is 0 Å². The van der Waals surface area contributed by atoms with Gasteiger partial charge in [-0.15, -0.1) is 0 Å². The zero-order chi connectivity index (χ0) is 14.7. The fourth-order valence-corrected chi connectivity index (χ4v) is 3.27. The van der Waals surface area contributed by atoms with Gasteiger partial charge in [-0.25, -0.2) is 0 Å². The standard InChI is InChI=1S/C15H16ClNO2S/c1-10-7-13(4-5-14(10)17)20(18)9-11-8-12(16)3-6-15(11)19-2/h3-8H,9,17H2,1-2H3. The van der Waals surface area contributed by atoms with Crippen LogP contribution < -0.4 is 10.5 Å². The van der Waals surface area contributed by atoms with Gasteiger partial charge in [0.05, 0.1) is 23.7 Å². The van der Waals surface area contributed by atoms with E-state index in [4.69, 9.17) is 22.1 Å². The zero-order valence-corrected chi connectivity index (χ0v) is 12.9. The second-order valence-corrected chi connectivity index (χ2v) is 6.35. The molecule has 0 radical (unpaired) electrons. The normalized spacial score (nSPS) is 12.2. The molecule has 0 aliphatic carbocycles. The van der Waals surface area contributed by atoms with Crippen LogP contribution in [0, 0.1) is 6.92 Å². The van der Waals surface area contributed by atoms with E-state index in [9.17, 15) is 4.21 Å². The van der Waals surface area contributed by atoms with Gasteiger partial charge in [0.15, 0.2) is 0 Å². The number of halogens is 1. The van der Waals surface area contributed by atoms with E-state index in [0.717, 1.165) is 16.0 Å². The highest BCUT2D eigenvalue weighted by Gasteiger charge is 2.11. The summed E-state index contributed by atoms with van der Waals surface area (Å²) < 4.78 is 17.7. The van der Waals surface area contributed by atoms with Gasteiger partial charge in [-0.2, -0.15) is 0 Å². The highest BCUT2D eigenvalue weighted by Crippen LogP contribution is 2.26. The second kappa shape index (κ2) is 6.29. The van der Waals surface area contributed by atoms with Crippen LogP contribution in [0.2, 0.25) is 5.02 Å². The van der Waals surface area contributed by atoms with Crippen LogP contribution in [0.4, 0.5) is 5.69 Å². The van der Waals surface area contributed by atoms with Crippen LogP contribution in [-0.2, 0) is 16.6 Å². The van der Waals surface area contributed by atoms with Gasteiger partial charge in [-0.3, -0.25) is 4.21 Å². The molecular formula is C15H16ClNO2S. The molecule has 0 spiro atoms. The minimum absolute atomic E-state index is 0.354. The highest BCUT2D eigenvalue weighted by molar-refractivity contribution is 7.84. The third-order valence-corrected chi connectivity index (χ3v) is 4.62. The van der Waals surface area contributed by atoms with Crippen LogP contribution in [0.1, 0.15) is 11.1 Å². The number of hydrogen-bond acceptors (Lipinski definition) is 3. The van der Waals surface area contributed by atoms with E-state index in [2.05, 4.69) is 0 Å². The summed E-state index contributed by atoms with van der Waals surface area (Å²) in [5.74, 6) is 1.04. The minimum atomic E-state index is -1.17. The smallest absolute Gasteiger partial charge is 0.123 e. The Labute approximate surface area is 126 Å². The molecule has 0 aromatic heterocycles. The van der Waals surface area contributed by atoms with Gasteiger partial charge in [0.1, 0.15) is 5.75 Å². The Morgan fingerprint density at radius 2 is 2.00 bits per heavy atom. The summed E-state index contributed by atoms with van der Waals surface area (Å²) in [6, 6.07) is 10.7. The average molecular weight is 310 g/mol. The molecule has 0 saturated heterocycles. The lowest BCUT2D eigenvalue weighted by atomic mass is 10.2. The Morgan fingerprint density at radius 3 is 2.65 bits per heavy atom. The molecule has 20 heavy (non-hydrogen) atoms. The van der Waals surface area contributed by atoms with E-state index < -0.39 is 10.8 Å². The number of ether oxygens (including phenoxy) is 1. The summed E-state index contributed by atoms with van der Waals surface area (Å²) in [5.41, 5.74) is 8.22. The van der Waals surface area contributed by atoms with Crippen molar-refractivity contribution in [3.8, 4) is 5.75 Å². The summed E-state index contributed by atoms with van der Waals surface area (Å²) in [4.78, 5) is 0.749. The van der Waals surface area contributed by atoms with Crippen molar-refractivity contribution in [2.45, 2.75) is 17.6 Å². The van der Waals surface area contributed by atoms with Gasteiger partial charge in [0, 0.05) is 21.2 Å². The van der Waals surface area contributed by atoms with Crippen LogP contribution in [0.25, 0.3) is 0 Å². The lowest BCUT2D eigenvalue weighted by molar-refractivity contribution is 0.411. The monoisotopic (exact) mass is 309 g/mol. The predicted octanol–water partition coefficient (Wildman–Crippen LogP) is 3.55. The van der Waals surface area contributed by atoms with Gasteiger partial charge in [-0.05, 0) is 48.9 Å². The third kappa shape index (κ3) is 3.32. The largest absolute Gasteiger partial charge is 0.496 e. The number of benzene rings is 2. The van der Waals surface area contributed by atoms with Crippen molar-refractivity contribution in [1.82, 2.24) is 0 Å². The number of methoxy groups -OCH3 is 1. The maximum Gasteiger partial charge on any atom is 0.123 e. The molecule has 0 saturated carbocycles. The number of nitrogens with two attached hydrogens (primary N) is 1. The van der Waals surface area contributed by atoms with Crippen LogP contribution >= 0.6 is 11.6 Å².